The van der Waals surface area contributed by atoms with Crippen LogP contribution in [-0.2, 0) is 18.1 Å². The minimum absolute atomic E-state index is 0.942. The van der Waals surface area contributed by atoms with Gasteiger partial charge in [0.1, 0.15) is 0 Å². The van der Waals surface area contributed by atoms with E-state index in [2.05, 4.69) is 0 Å². The van der Waals surface area contributed by atoms with Crippen molar-refractivity contribution in [2.75, 3.05) is 32.9 Å². The van der Waals surface area contributed by atoms with E-state index in [1.807, 2.05) is 34.8 Å². The smallest absolute Gasteiger partial charge is 0.296 e. The molecule has 96 valence electrons. The molecular weight excluding hydrogens is 260 g/mol. The Balaban J connectivity index is 3.01. The van der Waals surface area contributed by atoms with Crippen LogP contribution in [0.1, 0.15) is 0 Å². The molecule has 0 aromatic heterocycles. The SMILES string of the molecule is COP(OC)N(c1ccccc1)P(OC)OC. The molecule has 5 nitrogen and oxygen atoms in total. The number of hydrogen-bond donors (Lipinski definition) is 0. The van der Waals surface area contributed by atoms with Crippen LogP contribution >= 0.6 is 17.1 Å². The van der Waals surface area contributed by atoms with Crippen LogP contribution in [0.25, 0.3) is 0 Å². The van der Waals surface area contributed by atoms with Crippen LogP contribution in [0.2, 0.25) is 0 Å². The third kappa shape index (κ3) is 3.85. The first-order valence-corrected chi connectivity index (χ1v) is 7.16. The molecule has 0 spiro atoms. The summed E-state index contributed by atoms with van der Waals surface area (Å²) in [5.41, 5.74) is 0.942. The van der Waals surface area contributed by atoms with E-state index in [1.54, 1.807) is 28.4 Å². The van der Waals surface area contributed by atoms with Gasteiger partial charge in [0.15, 0.2) is 0 Å². The first-order valence-electron chi connectivity index (χ1n) is 4.90. The Kier molecular flexibility index (Phi) is 6.90. The summed E-state index contributed by atoms with van der Waals surface area (Å²) in [6, 6.07) is 9.76. The molecule has 0 heterocycles. The van der Waals surface area contributed by atoms with Crippen LogP contribution in [0.5, 0.6) is 0 Å². The molecule has 1 aromatic rings. The summed E-state index contributed by atoms with van der Waals surface area (Å²) in [4.78, 5) is 0. The number of para-hydroxylation sites is 1. The molecule has 0 radical (unpaired) electrons. The van der Waals surface area contributed by atoms with E-state index in [9.17, 15) is 0 Å². The van der Waals surface area contributed by atoms with E-state index in [0.29, 0.717) is 0 Å². The van der Waals surface area contributed by atoms with E-state index in [4.69, 9.17) is 18.1 Å². The zero-order valence-electron chi connectivity index (χ0n) is 10.4. The van der Waals surface area contributed by atoms with Gasteiger partial charge in [-0.3, -0.25) is 0 Å². The number of hydrogen-bond acceptors (Lipinski definition) is 5. The van der Waals surface area contributed by atoms with Gasteiger partial charge >= 0.3 is 0 Å². The predicted octanol–water partition coefficient (Wildman–Crippen LogP) is 3.53. The lowest BCUT2D eigenvalue weighted by Crippen LogP contribution is -2.14. The standard InChI is InChI=1S/C10H17NO4P2/c1-12-16(13-2)11(17(14-3)15-4)10-8-6-5-7-9-10/h5-9H,1-4H3. The maximum Gasteiger partial charge on any atom is 0.296 e. The Morgan fingerprint density at radius 2 is 1.18 bits per heavy atom. The van der Waals surface area contributed by atoms with Crippen molar-refractivity contribution in [1.29, 1.82) is 0 Å². The summed E-state index contributed by atoms with van der Waals surface area (Å²) in [5, 5.41) is 0. The zero-order chi connectivity index (χ0) is 12.7. The predicted molar refractivity (Wildman–Crippen MR) is 70.8 cm³/mol. The molecule has 0 atom stereocenters. The minimum Gasteiger partial charge on any atom is -0.321 e. The Morgan fingerprint density at radius 1 is 0.765 bits per heavy atom. The molecule has 17 heavy (non-hydrogen) atoms. The second-order valence-corrected chi connectivity index (χ2v) is 6.36. The summed E-state index contributed by atoms with van der Waals surface area (Å²) < 4.78 is 23.2. The Bertz CT molecular complexity index is 294. The van der Waals surface area contributed by atoms with Gasteiger partial charge in [0, 0.05) is 28.4 Å². The number of anilines is 1. The van der Waals surface area contributed by atoms with Crippen LogP contribution in [0, 0.1) is 0 Å². The number of rotatable bonds is 7. The molecule has 0 aliphatic rings. The van der Waals surface area contributed by atoms with E-state index in [-0.39, 0.29) is 0 Å². The lowest BCUT2D eigenvalue weighted by atomic mass is 10.3. The largest absolute Gasteiger partial charge is 0.321 e. The summed E-state index contributed by atoms with van der Waals surface area (Å²) in [7, 11) is 3.94. The molecule has 0 N–H and O–H groups in total. The van der Waals surface area contributed by atoms with Gasteiger partial charge in [-0.05, 0) is 12.1 Å². The second kappa shape index (κ2) is 7.93. The van der Waals surface area contributed by atoms with Crippen LogP contribution in [-0.4, -0.2) is 28.4 Å². The molecule has 0 fully saturated rings. The first-order chi connectivity index (χ1) is 8.28. The highest BCUT2D eigenvalue weighted by molar-refractivity contribution is 7.68. The molecule has 0 aliphatic carbocycles. The molecule has 0 aliphatic heterocycles. The van der Waals surface area contributed by atoms with Gasteiger partial charge in [0.2, 0.25) is 0 Å². The van der Waals surface area contributed by atoms with Gasteiger partial charge in [0.05, 0.1) is 5.69 Å². The van der Waals surface area contributed by atoms with Crippen molar-refractivity contribution < 1.29 is 18.1 Å². The second-order valence-electron chi connectivity index (χ2n) is 2.83. The van der Waals surface area contributed by atoms with Crippen molar-refractivity contribution in [3.8, 4) is 0 Å². The summed E-state index contributed by atoms with van der Waals surface area (Å²) in [6.07, 6.45) is 0. The Hall–Kier alpha value is -0.280. The fourth-order valence-electron chi connectivity index (χ4n) is 1.27. The lowest BCUT2D eigenvalue weighted by Gasteiger charge is -2.32. The highest BCUT2D eigenvalue weighted by atomic mass is 31.2. The fourth-order valence-corrected chi connectivity index (χ4v) is 4.18. The molecule has 0 bridgehead atoms. The Morgan fingerprint density at radius 3 is 1.53 bits per heavy atom. The molecule has 7 heteroatoms. The van der Waals surface area contributed by atoms with Gasteiger partial charge in [-0.15, -0.1) is 0 Å². The highest BCUT2D eigenvalue weighted by Crippen LogP contribution is 2.59. The van der Waals surface area contributed by atoms with Crippen molar-refractivity contribution in [3.05, 3.63) is 30.3 Å². The normalized spacial score (nSPS) is 11.2. The van der Waals surface area contributed by atoms with Crippen molar-refractivity contribution in [1.82, 2.24) is 0 Å². The van der Waals surface area contributed by atoms with E-state index < -0.39 is 17.1 Å². The minimum atomic E-state index is -1.23. The van der Waals surface area contributed by atoms with Crippen LogP contribution in [0.4, 0.5) is 5.69 Å². The third-order valence-electron chi connectivity index (χ3n) is 1.92. The van der Waals surface area contributed by atoms with Gasteiger partial charge in [-0.25, -0.2) is 4.44 Å². The molecule has 0 unspecified atom stereocenters. The van der Waals surface area contributed by atoms with Gasteiger partial charge in [-0.1, -0.05) is 18.2 Å². The zero-order valence-corrected chi connectivity index (χ0v) is 12.2. The van der Waals surface area contributed by atoms with Crippen molar-refractivity contribution in [2.45, 2.75) is 0 Å². The quantitative estimate of drug-likeness (QED) is 0.713. The van der Waals surface area contributed by atoms with Crippen molar-refractivity contribution in [2.24, 2.45) is 0 Å². The summed E-state index contributed by atoms with van der Waals surface area (Å²) in [5.74, 6) is 0. The number of benzene rings is 1. The molecule has 1 rings (SSSR count). The van der Waals surface area contributed by atoms with Gasteiger partial charge < -0.3 is 18.1 Å². The van der Waals surface area contributed by atoms with E-state index in [1.165, 1.54) is 0 Å². The average molecular weight is 277 g/mol. The van der Waals surface area contributed by atoms with Gasteiger partial charge in [-0.2, -0.15) is 0 Å². The van der Waals surface area contributed by atoms with Crippen LogP contribution in [0.3, 0.4) is 0 Å². The monoisotopic (exact) mass is 277 g/mol. The van der Waals surface area contributed by atoms with Crippen LogP contribution < -0.4 is 4.44 Å². The third-order valence-corrected chi connectivity index (χ3v) is 5.13. The van der Waals surface area contributed by atoms with Crippen molar-refractivity contribution in [3.63, 3.8) is 0 Å². The van der Waals surface area contributed by atoms with Gasteiger partial charge in [0.25, 0.3) is 17.1 Å². The Labute approximate surface area is 105 Å². The van der Waals surface area contributed by atoms with Crippen molar-refractivity contribution >= 4 is 22.7 Å². The van der Waals surface area contributed by atoms with E-state index in [0.717, 1.165) is 5.69 Å². The first kappa shape index (κ1) is 14.8. The van der Waals surface area contributed by atoms with Crippen LogP contribution in [0.15, 0.2) is 30.3 Å². The topological polar surface area (TPSA) is 40.2 Å². The fraction of sp³-hybridized carbons (Fsp3) is 0.400. The summed E-state index contributed by atoms with van der Waals surface area (Å²) in [6.45, 7) is 0. The molecule has 0 saturated carbocycles. The highest BCUT2D eigenvalue weighted by Gasteiger charge is 2.29. The maximum absolute atomic E-state index is 5.33. The maximum atomic E-state index is 5.33. The number of nitrogens with zero attached hydrogens (tertiary/aromatic N) is 1. The summed E-state index contributed by atoms with van der Waals surface area (Å²) >= 11 is 0. The lowest BCUT2D eigenvalue weighted by molar-refractivity contribution is 0.323. The molecular formula is C10H17NO4P2. The molecule has 0 saturated heterocycles. The molecule has 1 aromatic carbocycles. The van der Waals surface area contributed by atoms with E-state index >= 15 is 0 Å². The average Bonchev–Trinajstić information content (AvgIpc) is 2.40. The molecule has 0 amide bonds.